The molecule has 2 aromatic heterocycles. The Labute approximate surface area is 130 Å². The van der Waals surface area contributed by atoms with Crippen LogP contribution in [-0.2, 0) is 17.7 Å². The van der Waals surface area contributed by atoms with Gasteiger partial charge in [0.2, 0.25) is 5.95 Å². The number of hydrogen-bond donors (Lipinski definition) is 1. The Morgan fingerprint density at radius 2 is 2.24 bits per heavy atom. The Morgan fingerprint density at radius 1 is 1.38 bits per heavy atom. The second-order valence-electron chi connectivity index (χ2n) is 4.88. The third-order valence-corrected chi connectivity index (χ3v) is 4.57. The van der Waals surface area contributed by atoms with Crippen molar-refractivity contribution in [2.24, 2.45) is 0 Å². The average molecular weight is 308 g/mol. The van der Waals surface area contributed by atoms with E-state index in [1.54, 1.807) is 11.3 Å². The predicted octanol–water partition coefficient (Wildman–Crippen LogP) is 3.50. The van der Waals surface area contributed by atoms with Crippen LogP contribution in [0.25, 0.3) is 0 Å². The highest BCUT2D eigenvalue weighted by Gasteiger charge is 2.12. The highest BCUT2D eigenvalue weighted by Crippen LogP contribution is 2.23. The van der Waals surface area contributed by atoms with Crippen molar-refractivity contribution in [2.45, 2.75) is 46.2 Å². The van der Waals surface area contributed by atoms with E-state index < -0.39 is 0 Å². The van der Waals surface area contributed by atoms with Crippen LogP contribution < -0.4 is 5.32 Å². The number of hydrogen-bond acceptors (Lipinski definition) is 5. The van der Waals surface area contributed by atoms with E-state index in [-0.39, 0.29) is 6.04 Å². The summed E-state index contributed by atoms with van der Waals surface area (Å²) in [5, 5.41) is 4.55. The molecular formula is C15H24N4OS. The van der Waals surface area contributed by atoms with Crippen molar-refractivity contribution in [1.29, 1.82) is 0 Å². The minimum Gasteiger partial charge on any atom is -0.382 e. The first kappa shape index (κ1) is 16.0. The minimum absolute atomic E-state index is 0.170. The molecule has 21 heavy (non-hydrogen) atoms. The molecule has 1 atom stereocenters. The van der Waals surface area contributed by atoms with Crippen LogP contribution in [0, 0.1) is 0 Å². The molecule has 116 valence electrons. The first-order valence-corrected chi connectivity index (χ1v) is 8.36. The molecule has 0 radical (unpaired) electrons. The summed E-state index contributed by atoms with van der Waals surface area (Å²) >= 11 is 1.76. The zero-order valence-electron chi connectivity index (χ0n) is 13.0. The number of rotatable bonds is 9. The molecule has 0 bridgehead atoms. The van der Waals surface area contributed by atoms with E-state index in [0.717, 1.165) is 43.6 Å². The molecule has 1 unspecified atom stereocenters. The van der Waals surface area contributed by atoms with Gasteiger partial charge in [-0.3, -0.25) is 0 Å². The van der Waals surface area contributed by atoms with Crippen LogP contribution in [0.2, 0.25) is 0 Å². The van der Waals surface area contributed by atoms with Crippen molar-refractivity contribution in [1.82, 2.24) is 14.5 Å². The minimum atomic E-state index is 0.170. The third-order valence-electron chi connectivity index (χ3n) is 3.24. The fourth-order valence-corrected chi connectivity index (χ4v) is 2.91. The first-order valence-electron chi connectivity index (χ1n) is 7.54. The first-order chi connectivity index (χ1) is 10.2. The predicted molar refractivity (Wildman–Crippen MR) is 86.9 cm³/mol. The summed E-state index contributed by atoms with van der Waals surface area (Å²) in [6.45, 7) is 8.77. The van der Waals surface area contributed by atoms with E-state index in [0.29, 0.717) is 0 Å². The number of anilines is 1. The Morgan fingerprint density at radius 3 is 2.95 bits per heavy atom. The van der Waals surface area contributed by atoms with Gasteiger partial charge in [0.05, 0.1) is 6.04 Å². The number of aromatic nitrogens is 3. The molecule has 0 aliphatic rings. The summed E-state index contributed by atoms with van der Waals surface area (Å²) in [7, 11) is 0. The number of thiazole rings is 1. The normalized spacial score (nSPS) is 12.5. The lowest BCUT2D eigenvalue weighted by atomic mass is 10.3. The van der Waals surface area contributed by atoms with E-state index in [1.165, 1.54) is 4.88 Å². The van der Waals surface area contributed by atoms with Crippen LogP contribution in [0.15, 0.2) is 18.6 Å². The van der Waals surface area contributed by atoms with Gasteiger partial charge in [-0.2, -0.15) is 0 Å². The standard InChI is InChI=1S/C15H24N4OS/c1-4-13-11-17-14(21-13)12(3)18-15-16-7-9-19(15)8-6-10-20-5-2/h7,9,11-12H,4-6,8,10H2,1-3H3,(H,16,18). The number of imidazole rings is 1. The quantitative estimate of drug-likeness (QED) is 0.720. The van der Waals surface area contributed by atoms with Gasteiger partial charge in [-0.1, -0.05) is 6.92 Å². The van der Waals surface area contributed by atoms with E-state index in [4.69, 9.17) is 4.74 Å². The average Bonchev–Trinajstić information content (AvgIpc) is 3.13. The molecule has 0 spiro atoms. The highest BCUT2D eigenvalue weighted by atomic mass is 32.1. The summed E-state index contributed by atoms with van der Waals surface area (Å²) in [6, 6.07) is 0.170. The van der Waals surface area contributed by atoms with Gasteiger partial charge in [0.15, 0.2) is 0 Å². The monoisotopic (exact) mass is 308 g/mol. The van der Waals surface area contributed by atoms with E-state index >= 15 is 0 Å². The van der Waals surface area contributed by atoms with Crippen molar-refractivity contribution in [3.8, 4) is 0 Å². The Balaban J connectivity index is 1.91. The molecular weight excluding hydrogens is 284 g/mol. The van der Waals surface area contributed by atoms with Crippen LogP contribution in [0.4, 0.5) is 5.95 Å². The van der Waals surface area contributed by atoms with Crippen LogP contribution in [0.1, 0.15) is 43.1 Å². The molecule has 0 saturated carbocycles. The molecule has 0 fully saturated rings. The van der Waals surface area contributed by atoms with Gasteiger partial charge in [-0.15, -0.1) is 11.3 Å². The van der Waals surface area contributed by atoms with Crippen molar-refractivity contribution in [3.05, 3.63) is 28.5 Å². The van der Waals surface area contributed by atoms with Gasteiger partial charge >= 0.3 is 0 Å². The van der Waals surface area contributed by atoms with Gasteiger partial charge < -0.3 is 14.6 Å². The molecule has 2 aromatic rings. The van der Waals surface area contributed by atoms with Gasteiger partial charge in [0.1, 0.15) is 5.01 Å². The van der Waals surface area contributed by atoms with Crippen molar-refractivity contribution >= 4 is 17.3 Å². The molecule has 6 heteroatoms. The zero-order valence-corrected chi connectivity index (χ0v) is 13.8. The molecule has 1 N–H and O–H groups in total. The van der Waals surface area contributed by atoms with Gasteiger partial charge in [-0.25, -0.2) is 9.97 Å². The molecule has 2 heterocycles. The van der Waals surface area contributed by atoms with Gasteiger partial charge in [0.25, 0.3) is 0 Å². The molecule has 0 aliphatic heterocycles. The number of ether oxygens (including phenoxy) is 1. The second kappa shape index (κ2) is 8.14. The van der Waals surface area contributed by atoms with Crippen molar-refractivity contribution in [2.75, 3.05) is 18.5 Å². The van der Waals surface area contributed by atoms with Crippen LogP contribution in [0.5, 0.6) is 0 Å². The Hall–Kier alpha value is -1.40. The van der Waals surface area contributed by atoms with Crippen molar-refractivity contribution < 1.29 is 4.74 Å². The lowest BCUT2D eigenvalue weighted by molar-refractivity contribution is 0.142. The SMILES string of the molecule is CCOCCCn1ccnc1NC(C)c1ncc(CC)s1. The van der Waals surface area contributed by atoms with Crippen molar-refractivity contribution in [3.63, 3.8) is 0 Å². The Bertz CT molecular complexity index is 537. The summed E-state index contributed by atoms with van der Waals surface area (Å²) < 4.78 is 7.50. The van der Waals surface area contributed by atoms with Gasteiger partial charge in [0, 0.05) is 43.2 Å². The topological polar surface area (TPSA) is 52.0 Å². The highest BCUT2D eigenvalue weighted by molar-refractivity contribution is 7.11. The second-order valence-corrected chi connectivity index (χ2v) is 6.03. The largest absolute Gasteiger partial charge is 0.382 e. The fraction of sp³-hybridized carbons (Fsp3) is 0.600. The summed E-state index contributed by atoms with van der Waals surface area (Å²) in [4.78, 5) is 10.2. The number of aryl methyl sites for hydroxylation is 2. The van der Waals surface area contributed by atoms with Crippen LogP contribution in [0.3, 0.4) is 0 Å². The molecule has 0 aliphatic carbocycles. The molecule has 0 amide bonds. The van der Waals surface area contributed by atoms with Gasteiger partial charge in [-0.05, 0) is 26.7 Å². The maximum atomic E-state index is 5.37. The van der Waals surface area contributed by atoms with Crippen LogP contribution in [-0.4, -0.2) is 27.7 Å². The maximum Gasteiger partial charge on any atom is 0.203 e. The van der Waals surface area contributed by atoms with E-state index in [1.807, 2.05) is 25.5 Å². The van der Waals surface area contributed by atoms with E-state index in [9.17, 15) is 0 Å². The third kappa shape index (κ3) is 4.54. The lowest BCUT2D eigenvalue weighted by Gasteiger charge is -2.14. The van der Waals surface area contributed by atoms with E-state index in [2.05, 4.69) is 33.7 Å². The molecule has 2 rings (SSSR count). The van der Waals surface area contributed by atoms with Crippen LogP contribution >= 0.6 is 11.3 Å². The summed E-state index contributed by atoms with van der Waals surface area (Å²) in [5.74, 6) is 0.896. The fourth-order valence-electron chi connectivity index (χ4n) is 2.05. The molecule has 5 nitrogen and oxygen atoms in total. The summed E-state index contributed by atoms with van der Waals surface area (Å²) in [5.41, 5.74) is 0. The number of nitrogens with zero attached hydrogens (tertiary/aromatic N) is 3. The zero-order chi connectivity index (χ0) is 15.1. The molecule has 0 aromatic carbocycles. The number of nitrogens with one attached hydrogen (secondary N) is 1. The smallest absolute Gasteiger partial charge is 0.203 e. The summed E-state index contributed by atoms with van der Waals surface area (Å²) in [6.07, 6.45) is 7.82. The lowest BCUT2D eigenvalue weighted by Crippen LogP contribution is -2.12. The molecule has 0 saturated heterocycles. The maximum absolute atomic E-state index is 5.37. The Kier molecular flexibility index (Phi) is 6.20.